The molecule has 158 valence electrons. The Hall–Kier alpha value is -1.84. The SMILES string of the molecule is Cc1cc(C)c(S(=O)(=O)N2CCC(C(=O)Nc3nnc(C(C)C)s3)CC2)c(C)c1. The number of piperidine rings is 1. The molecule has 1 saturated heterocycles. The summed E-state index contributed by atoms with van der Waals surface area (Å²) in [5, 5.41) is 12.3. The zero-order valence-corrected chi connectivity index (χ0v) is 19.2. The Balaban J connectivity index is 1.66. The van der Waals surface area contributed by atoms with Crippen LogP contribution < -0.4 is 5.32 Å². The van der Waals surface area contributed by atoms with Crippen molar-refractivity contribution < 1.29 is 13.2 Å². The molecule has 2 heterocycles. The summed E-state index contributed by atoms with van der Waals surface area (Å²) in [5.74, 6) is -0.0791. The molecule has 0 saturated carbocycles. The lowest BCUT2D eigenvalue weighted by Gasteiger charge is -2.31. The van der Waals surface area contributed by atoms with Gasteiger partial charge in [0.15, 0.2) is 0 Å². The second-order valence-electron chi connectivity index (χ2n) is 8.00. The molecular formula is C20H28N4O3S2. The predicted octanol–water partition coefficient (Wildman–Crippen LogP) is 3.63. The van der Waals surface area contributed by atoms with E-state index in [1.807, 2.05) is 46.8 Å². The molecule has 0 radical (unpaired) electrons. The Morgan fingerprint density at radius 3 is 2.24 bits per heavy atom. The fraction of sp³-hybridized carbons (Fsp3) is 0.550. The molecule has 0 atom stereocenters. The maximum absolute atomic E-state index is 13.2. The van der Waals surface area contributed by atoms with Crippen molar-refractivity contribution >= 4 is 32.4 Å². The lowest BCUT2D eigenvalue weighted by atomic mass is 9.97. The Bertz CT molecular complexity index is 983. The Morgan fingerprint density at radius 2 is 1.72 bits per heavy atom. The van der Waals surface area contributed by atoms with Crippen molar-refractivity contribution in [2.75, 3.05) is 18.4 Å². The Labute approximate surface area is 176 Å². The summed E-state index contributed by atoms with van der Waals surface area (Å²) in [4.78, 5) is 13.0. The molecule has 9 heteroatoms. The summed E-state index contributed by atoms with van der Waals surface area (Å²) < 4.78 is 27.9. The lowest BCUT2D eigenvalue weighted by molar-refractivity contribution is -0.120. The molecule has 1 fully saturated rings. The fourth-order valence-electron chi connectivity index (χ4n) is 3.79. The number of hydrogen-bond acceptors (Lipinski definition) is 6. The monoisotopic (exact) mass is 436 g/mol. The molecule has 1 N–H and O–H groups in total. The number of carbonyl (C=O) groups excluding carboxylic acids is 1. The van der Waals surface area contributed by atoms with Crippen molar-refractivity contribution in [1.82, 2.24) is 14.5 Å². The Kier molecular flexibility index (Phi) is 6.40. The third-order valence-corrected chi connectivity index (χ3v) is 8.54. The molecule has 0 spiro atoms. The summed E-state index contributed by atoms with van der Waals surface area (Å²) in [6, 6.07) is 3.79. The van der Waals surface area contributed by atoms with E-state index in [0.717, 1.165) is 21.7 Å². The number of carbonyl (C=O) groups is 1. The molecule has 0 bridgehead atoms. The van der Waals surface area contributed by atoms with E-state index in [9.17, 15) is 13.2 Å². The Morgan fingerprint density at radius 1 is 1.14 bits per heavy atom. The molecule has 0 unspecified atom stereocenters. The molecule has 7 nitrogen and oxygen atoms in total. The van der Waals surface area contributed by atoms with Crippen LogP contribution >= 0.6 is 11.3 Å². The zero-order chi connectivity index (χ0) is 21.3. The maximum Gasteiger partial charge on any atom is 0.243 e. The first-order chi connectivity index (χ1) is 13.6. The number of benzene rings is 1. The lowest BCUT2D eigenvalue weighted by Crippen LogP contribution is -2.41. The van der Waals surface area contributed by atoms with Gasteiger partial charge in [0, 0.05) is 24.9 Å². The molecule has 3 rings (SSSR count). The quantitative estimate of drug-likeness (QED) is 0.773. The number of nitrogens with zero attached hydrogens (tertiary/aromatic N) is 3. The van der Waals surface area contributed by atoms with Gasteiger partial charge in [-0.15, -0.1) is 10.2 Å². The average molecular weight is 437 g/mol. The van der Waals surface area contributed by atoms with Crippen LogP contribution in [0.15, 0.2) is 17.0 Å². The van der Waals surface area contributed by atoms with Crippen molar-refractivity contribution in [3.8, 4) is 0 Å². The standard InChI is InChI=1S/C20H28N4O3S2/c1-12(2)19-22-23-20(28-19)21-18(25)16-6-8-24(9-7-16)29(26,27)17-14(4)10-13(3)11-15(17)5/h10-12,16H,6-9H2,1-5H3,(H,21,23,25). The number of hydrogen-bond donors (Lipinski definition) is 1. The second-order valence-corrected chi connectivity index (χ2v) is 10.9. The highest BCUT2D eigenvalue weighted by Gasteiger charge is 2.34. The van der Waals surface area contributed by atoms with Crippen LogP contribution in [0, 0.1) is 26.7 Å². The summed E-state index contributed by atoms with van der Waals surface area (Å²) in [5.41, 5.74) is 2.57. The minimum atomic E-state index is -3.57. The van der Waals surface area contributed by atoms with Crippen LogP contribution in [0.5, 0.6) is 0 Å². The van der Waals surface area contributed by atoms with E-state index in [0.29, 0.717) is 36.0 Å². The zero-order valence-electron chi connectivity index (χ0n) is 17.5. The highest BCUT2D eigenvalue weighted by molar-refractivity contribution is 7.89. The van der Waals surface area contributed by atoms with E-state index in [4.69, 9.17) is 0 Å². The van der Waals surface area contributed by atoms with Gasteiger partial charge in [0.2, 0.25) is 21.1 Å². The number of aryl methyl sites for hydroxylation is 3. The number of nitrogens with one attached hydrogen (secondary N) is 1. The van der Waals surface area contributed by atoms with Gasteiger partial charge in [0.1, 0.15) is 5.01 Å². The third kappa shape index (κ3) is 4.67. The van der Waals surface area contributed by atoms with Crippen molar-refractivity contribution in [1.29, 1.82) is 0 Å². The van der Waals surface area contributed by atoms with Crippen molar-refractivity contribution in [2.24, 2.45) is 5.92 Å². The molecular weight excluding hydrogens is 408 g/mol. The van der Waals surface area contributed by atoms with Crippen molar-refractivity contribution in [3.05, 3.63) is 33.8 Å². The van der Waals surface area contributed by atoms with E-state index in [1.165, 1.54) is 15.6 Å². The van der Waals surface area contributed by atoms with Crippen molar-refractivity contribution in [2.45, 2.75) is 58.3 Å². The first-order valence-electron chi connectivity index (χ1n) is 9.82. The highest BCUT2D eigenvalue weighted by Crippen LogP contribution is 2.30. The summed E-state index contributed by atoms with van der Waals surface area (Å²) in [7, 11) is -3.57. The van der Waals surface area contributed by atoms with Crippen LogP contribution in [0.3, 0.4) is 0 Å². The predicted molar refractivity (Wildman–Crippen MR) is 115 cm³/mol. The molecule has 0 aliphatic carbocycles. The summed E-state index contributed by atoms with van der Waals surface area (Å²) in [6.45, 7) is 10.4. The van der Waals surface area contributed by atoms with Gasteiger partial charge in [0.05, 0.1) is 4.90 Å². The summed E-state index contributed by atoms with van der Waals surface area (Å²) in [6.07, 6.45) is 0.982. The average Bonchev–Trinajstić information content (AvgIpc) is 3.09. The first-order valence-corrected chi connectivity index (χ1v) is 12.1. The largest absolute Gasteiger partial charge is 0.300 e. The second kappa shape index (κ2) is 8.49. The van der Waals surface area contributed by atoms with Crippen LogP contribution in [-0.2, 0) is 14.8 Å². The smallest absolute Gasteiger partial charge is 0.243 e. The molecule has 1 aliphatic heterocycles. The molecule has 2 aromatic rings. The van der Waals surface area contributed by atoms with Gasteiger partial charge in [-0.1, -0.05) is 42.9 Å². The number of sulfonamides is 1. The van der Waals surface area contributed by atoms with E-state index in [1.54, 1.807) is 0 Å². The van der Waals surface area contributed by atoms with Crippen LogP contribution in [-0.4, -0.2) is 41.9 Å². The van der Waals surface area contributed by atoms with E-state index >= 15 is 0 Å². The molecule has 29 heavy (non-hydrogen) atoms. The normalized spacial score (nSPS) is 16.3. The van der Waals surface area contributed by atoms with Gasteiger partial charge in [-0.25, -0.2) is 8.42 Å². The number of rotatable bonds is 5. The number of amides is 1. The number of aromatic nitrogens is 2. The molecule has 1 aliphatic rings. The maximum atomic E-state index is 13.2. The van der Waals surface area contributed by atoms with Gasteiger partial charge in [0.25, 0.3) is 0 Å². The van der Waals surface area contributed by atoms with E-state index in [2.05, 4.69) is 15.5 Å². The fourth-order valence-corrected chi connectivity index (χ4v) is 6.42. The van der Waals surface area contributed by atoms with Gasteiger partial charge in [-0.3, -0.25) is 4.79 Å². The van der Waals surface area contributed by atoms with Crippen LogP contribution in [0.25, 0.3) is 0 Å². The first kappa shape index (κ1) is 21.9. The minimum Gasteiger partial charge on any atom is -0.300 e. The van der Waals surface area contributed by atoms with Gasteiger partial charge in [-0.05, 0) is 44.7 Å². The van der Waals surface area contributed by atoms with E-state index in [-0.39, 0.29) is 17.7 Å². The topological polar surface area (TPSA) is 92.3 Å². The van der Waals surface area contributed by atoms with Crippen molar-refractivity contribution in [3.63, 3.8) is 0 Å². The van der Waals surface area contributed by atoms with Gasteiger partial charge < -0.3 is 5.32 Å². The number of anilines is 1. The highest BCUT2D eigenvalue weighted by atomic mass is 32.2. The molecule has 1 aromatic carbocycles. The van der Waals surface area contributed by atoms with Gasteiger partial charge in [-0.2, -0.15) is 4.31 Å². The van der Waals surface area contributed by atoms with Crippen LogP contribution in [0.2, 0.25) is 0 Å². The molecule has 1 amide bonds. The minimum absolute atomic E-state index is 0.115. The summed E-state index contributed by atoms with van der Waals surface area (Å²) >= 11 is 1.38. The van der Waals surface area contributed by atoms with E-state index < -0.39 is 10.0 Å². The van der Waals surface area contributed by atoms with Gasteiger partial charge >= 0.3 is 0 Å². The third-order valence-electron chi connectivity index (χ3n) is 5.19. The van der Waals surface area contributed by atoms with Crippen LogP contribution in [0.4, 0.5) is 5.13 Å². The van der Waals surface area contributed by atoms with Crippen LogP contribution in [0.1, 0.15) is 54.3 Å². The molecule has 1 aromatic heterocycles.